The van der Waals surface area contributed by atoms with E-state index in [1.54, 1.807) is 37.6 Å². The van der Waals surface area contributed by atoms with Gasteiger partial charge in [0.1, 0.15) is 6.04 Å². The van der Waals surface area contributed by atoms with Crippen molar-refractivity contribution in [2.75, 3.05) is 54.1 Å². The van der Waals surface area contributed by atoms with Crippen LogP contribution in [0.5, 0.6) is 11.5 Å². The number of ether oxygens (including phenoxy) is 3. The van der Waals surface area contributed by atoms with E-state index in [-0.39, 0.29) is 30.7 Å². The summed E-state index contributed by atoms with van der Waals surface area (Å²) in [5.74, 6) is 0.621. The predicted molar refractivity (Wildman–Crippen MR) is 133 cm³/mol. The zero-order chi connectivity index (χ0) is 25.2. The molecular formula is C25H33N3O6S. The van der Waals surface area contributed by atoms with Gasteiger partial charge in [0.25, 0.3) is 0 Å². The van der Waals surface area contributed by atoms with Crippen molar-refractivity contribution in [1.29, 1.82) is 0 Å². The minimum atomic E-state index is -0.825. The van der Waals surface area contributed by atoms with E-state index < -0.39 is 6.04 Å². The minimum Gasteiger partial charge on any atom is -0.493 e. The van der Waals surface area contributed by atoms with E-state index in [0.717, 1.165) is 10.4 Å². The SMILES string of the molecule is COCCN1CC(=O)N(CCc2cccs2)C(CC(=O)NCCc2ccc(OC)c(OC)c2)C1=O. The van der Waals surface area contributed by atoms with Crippen molar-refractivity contribution in [3.63, 3.8) is 0 Å². The molecule has 2 aromatic rings. The van der Waals surface area contributed by atoms with Gasteiger partial charge in [-0.2, -0.15) is 0 Å². The number of hydrogen-bond donors (Lipinski definition) is 1. The summed E-state index contributed by atoms with van der Waals surface area (Å²) in [4.78, 5) is 43.1. The van der Waals surface area contributed by atoms with Gasteiger partial charge < -0.3 is 29.3 Å². The third-order valence-corrected chi connectivity index (χ3v) is 6.86. The van der Waals surface area contributed by atoms with Crippen LogP contribution in [-0.4, -0.2) is 87.7 Å². The molecule has 1 unspecified atom stereocenters. The first-order chi connectivity index (χ1) is 17.0. The summed E-state index contributed by atoms with van der Waals surface area (Å²) in [6.45, 7) is 1.44. The smallest absolute Gasteiger partial charge is 0.246 e. The van der Waals surface area contributed by atoms with E-state index in [0.29, 0.717) is 50.6 Å². The van der Waals surface area contributed by atoms with Crippen LogP contribution < -0.4 is 14.8 Å². The number of benzene rings is 1. The molecule has 0 radical (unpaired) electrons. The molecular weight excluding hydrogens is 470 g/mol. The maximum Gasteiger partial charge on any atom is 0.246 e. The molecule has 10 heteroatoms. The molecule has 3 amide bonds. The molecule has 1 aromatic heterocycles. The molecule has 1 N–H and O–H groups in total. The molecule has 1 fully saturated rings. The van der Waals surface area contributed by atoms with Gasteiger partial charge >= 0.3 is 0 Å². The number of thiophene rings is 1. The lowest BCUT2D eigenvalue weighted by atomic mass is 10.1. The third-order valence-electron chi connectivity index (χ3n) is 5.93. The minimum absolute atomic E-state index is 0.00402. The summed E-state index contributed by atoms with van der Waals surface area (Å²) in [6.07, 6.45) is 1.16. The van der Waals surface area contributed by atoms with E-state index in [1.165, 1.54) is 4.90 Å². The van der Waals surface area contributed by atoms with Crippen molar-refractivity contribution >= 4 is 29.1 Å². The van der Waals surface area contributed by atoms with Crippen LogP contribution in [0.1, 0.15) is 16.9 Å². The molecule has 190 valence electrons. The lowest BCUT2D eigenvalue weighted by molar-refractivity contribution is -0.157. The first-order valence-electron chi connectivity index (χ1n) is 11.5. The number of hydrogen-bond acceptors (Lipinski definition) is 7. The normalized spacial score (nSPS) is 15.9. The maximum absolute atomic E-state index is 13.2. The van der Waals surface area contributed by atoms with E-state index >= 15 is 0 Å². The molecule has 0 saturated carbocycles. The highest BCUT2D eigenvalue weighted by Crippen LogP contribution is 2.27. The number of rotatable bonds is 13. The molecule has 2 heterocycles. The van der Waals surface area contributed by atoms with Crippen LogP contribution in [0.4, 0.5) is 0 Å². The largest absolute Gasteiger partial charge is 0.493 e. The number of piperazine rings is 1. The Morgan fingerprint density at radius 2 is 1.89 bits per heavy atom. The van der Waals surface area contributed by atoms with Crippen molar-refractivity contribution in [2.45, 2.75) is 25.3 Å². The van der Waals surface area contributed by atoms with Crippen LogP contribution >= 0.6 is 11.3 Å². The topological polar surface area (TPSA) is 97.4 Å². The van der Waals surface area contributed by atoms with Crippen molar-refractivity contribution in [3.8, 4) is 11.5 Å². The van der Waals surface area contributed by atoms with Gasteiger partial charge in [0, 0.05) is 31.6 Å². The van der Waals surface area contributed by atoms with Crippen LogP contribution in [0.15, 0.2) is 35.7 Å². The summed E-state index contributed by atoms with van der Waals surface area (Å²) in [5.41, 5.74) is 0.982. The highest BCUT2D eigenvalue weighted by molar-refractivity contribution is 7.09. The second kappa shape index (κ2) is 13.1. The van der Waals surface area contributed by atoms with Gasteiger partial charge in [-0.15, -0.1) is 11.3 Å². The third kappa shape index (κ3) is 7.19. The second-order valence-corrected chi connectivity index (χ2v) is 9.21. The first-order valence-corrected chi connectivity index (χ1v) is 12.4. The average Bonchev–Trinajstić information content (AvgIpc) is 3.38. The van der Waals surface area contributed by atoms with Gasteiger partial charge in [-0.25, -0.2) is 0 Å². The van der Waals surface area contributed by atoms with Crippen molar-refractivity contribution in [3.05, 3.63) is 46.2 Å². The van der Waals surface area contributed by atoms with Crippen molar-refractivity contribution in [1.82, 2.24) is 15.1 Å². The molecule has 1 saturated heterocycles. The molecule has 0 bridgehead atoms. The summed E-state index contributed by atoms with van der Waals surface area (Å²) in [7, 11) is 4.70. The summed E-state index contributed by atoms with van der Waals surface area (Å²) >= 11 is 1.61. The molecule has 35 heavy (non-hydrogen) atoms. The molecule has 1 aliphatic heterocycles. The standard InChI is InChI=1S/C25H33N3O6S/c1-32-13-12-27-17-24(30)28(11-9-19-5-4-14-35-19)20(25(27)31)16-23(29)26-10-8-18-6-7-21(33-2)22(15-18)34-3/h4-7,14-15,20H,8-13,16-17H2,1-3H3,(H,26,29). The monoisotopic (exact) mass is 503 g/mol. The van der Waals surface area contributed by atoms with E-state index in [1.807, 2.05) is 35.7 Å². The Morgan fingerprint density at radius 3 is 2.57 bits per heavy atom. The van der Waals surface area contributed by atoms with Crippen LogP contribution in [-0.2, 0) is 32.0 Å². The predicted octanol–water partition coefficient (Wildman–Crippen LogP) is 1.74. The van der Waals surface area contributed by atoms with Gasteiger partial charge in [-0.3, -0.25) is 14.4 Å². The lowest BCUT2D eigenvalue weighted by Gasteiger charge is -2.40. The molecule has 0 aliphatic carbocycles. The van der Waals surface area contributed by atoms with Gasteiger partial charge in [0.15, 0.2) is 11.5 Å². The van der Waals surface area contributed by atoms with E-state index in [9.17, 15) is 14.4 Å². The Morgan fingerprint density at radius 1 is 1.09 bits per heavy atom. The number of nitrogens with zero attached hydrogens (tertiary/aromatic N) is 2. The summed E-state index contributed by atoms with van der Waals surface area (Å²) in [5, 5.41) is 4.87. The van der Waals surface area contributed by atoms with Gasteiger partial charge in [-0.05, 0) is 42.0 Å². The quantitative estimate of drug-likeness (QED) is 0.447. The van der Waals surface area contributed by atoms with Crippen molar-refractivity contribution < 1.29 is 28.6 Å². The zero-order valence-corrected chi connectivity index (χ0v) is 21.3. The zero-order valence-electron chi connectivity index (χ0n) is 20.5. The molecule has 1 aliphatic rings. The number of methoxy groups -OCH3 is 3. The van der Waals surface area contributed by atoms with E-state index in [4.69, 9.17) is 14.2 Å². The van der Waals surface area contributed by atoms with Crippen LogP contribution in [0.25, 0.3) is 0 Å². The Kier molecular flexibility index (Phi) is 9.92. The van der Waals surface area contributed by atoms with Gasteiger partial charge in [0.2, 0.25) is 17.7 Å². The molecule has 0 spiro atoms. The highest BCUT2D eigenvalue weighted by Gasteiger charge is 2.40. The summed E-state index contributed by atoms with van der Waals surface area (Å²) < 4.78 is 15.7. The number of amides is 3. The van der Waals surface area contributed by atoms with Gasteiger partial charge in [0.05, 0.1) is 33.8 Å². The Balaban J connectivity index is 1.61. The molecule has 3 rings (SSSR count). The number of carbonyl (C=O) groups is 3. The second-order valence-electron chi connectivity index (χ2n) is 8.18. The van der Waals surface area contributed by atoms with Crippen LogP contribution in [0.3, 0.4) is 0 Å². The summed E-state index contributed by atoms with van der Waals surface area (Å²) in [6, 6.07) is 8.74. The highest BCUT2D eigenvalue weighted by atomic mass is 32.1. The fourth-order valence-electron chi connectivity index (χ4n) is 4.03. The molecule has 1 aromatic carbocycles. The van der Waals surface area contributed by atoms with E-state index in [2.05, 4.69) is 5.32 Å². The lowest BCUT2D eigenvalue weighted by Crippen LogP contribution is -2.61. The van der Waals surface area contributed by atoms with Crippen LogP contribution in [0.2, 0.25) is 0 Å². The number of nitrogens with one attached hydrogen (secondary N) is 1. The Hall–Kier alpha value is -3.11. The molecule has 1 atom stereocenters. The average molecular weight is 504 g/mol. The van der Waals surface area contributed by atoms with Gasteiger partial charge in [-0.1, -0.05) is 12.1 Å². The Bertz CT molecular complexity index is 997. The van der Waals surface area contributed by atoms with Crippen LogP contribution in [0, 0.1) is 0 Å². The Labute approximate surface area is 209 Å². The molecule has 9 nitrogen and oxygen atoms in total. The number of carbonyl (C=O) groups excluding carboxylic acids is 3. The fraction of sp³-hybridized carbons (Fsp3) is 0.480. The first kappa shape index (κ1) is 26.5. The fourth-order valence-corrected chi connectivity index (χ4v) is 4.73. The maximum atomic E-state index is 13.2. The van der Waals surface area contributed by atoms with Crippen molar-refractivity contribution in [2.24, 2.45) is 0 Å².